The fourth-order valence-electron chi connectivity index (χ4n) is 1.15. The first-order valence-electron chi connectivity index (χ1n) is 5.00. The molecular weight excluding hydrogens is 269 g/mol. The van der Waals surface area contributed by atoms with Crippen LogP contribution in [0.25, 0.3) is 0 Å². The van der Waals surface area contributed by atoms with Gasteiger partial charge in [-0.15, -0.1) is 10.2 Å². The molecular formula is C9H11F3N4OS. The molecule has 0 aliphatic rings. The molecule has 1 aromatic heterocycles. The van der Waals surface area contributed by atoms with Gasteiger partial charge >= 0.3 is 6.18 Å². The fraction of sp³-hybridized carbons (Fsp3) is 0.667. The Labute approximate surface area is 106 Å². The molecule has 1 aromatic rings. The number of nitrogens with zero attached hydrogens (tertiary/aromatic N) is 4. The SMILES string of the molecule is COCCN(CCC#N)c1nnc(C(F)(F)F)s1. The van der Waals surface area contributed by atoms with Gasteiger partial charge in [0.05, 0.1) is 19.1 Å². The Morgan fingerprint density at radius 2 is 2.11 bits per heavy atom. The van der Waals surface area contributed by atoms with Crippen molar-refractivity contribution in [2.24, 2.45) is 0 Å². The van der Waals surface area contributed by atoms with Gasteiger partial charge in [0, 0.05) is 20.2 Å². The van der Waals surface area contributed by atoms with Crippen molar-refractivity contribution in [1.29, 1.82) is 5.26 Å². The van der Waals surface area contributed by atoms with E-state index in [2.05, 4.69) is 10.2 Å². The van der Waals surface area contributed by atoms with Gasteiger partial charge in [-0.2, -0.15) is 18.4 Å². The largest absolute Gasteiger partial charge is 0.445 e. The Morgan fingerprint density at radius 3 is 2.61 bits per heavy atom. The first-order valence-corrected chi connectivity index (χ1v) is 5.82. The van der Waals surface area contributed by atoms with Gasteiger partial charge < -0.3 is 9.64 Å². The molecule has 1 rings (SSSR count). The Hall–Kier alpha value is -1.40. The zero-order valence-corrected chi connectivity index (χ0v) is 10.4. The van der Waals surface area contributed by atoms with Crippen LogP contribution in [0.1, 0.15) is 11.4 Å². The molecule has 1 heterocycles. The highest BCUT2D eigenvalue weighted by atomic mass is 32.1. The van der Waals surface area contributed by atoms with E-state index in [1.165, 1.54) is 7.11 Å². The number of hydrogen-bond donors (Lipinski definition) is 0. The van der Waals surface area contributed by atoms with E-state index in [0.717, 1.165) is 0 Å². The van der Waals surface area contributed by atoms with Crippen molar-refractivity contribution in [2.75, 3.05) is 31.7 Å². The minimum absolute atomic E-state index is 0.148. The summed E-state index contributed by atoms with van der Waals surface area (Å²) in [5, 5.41) is 14.3. The van der Waals surface area contributed by atoms with Crippen molar-refractivity contribution in [2.45, 2.75) is 12.6 Å². The molecule has 0 saturated carbocycles. The van der Waals surface area contributed by atoms with Crippen LogP contribution in [0.5, 0.6) is 0 Å². The molecule has 0 fully saturated rings. The smallest absolute Gasteiger partial charge is 0.383 e. The third-order valence-corrected chi connectivity index (χ3v) is 3.02. The summed E-state index contributed by atoms with van der Waals surface area (Å²) >= 11 is 0.463. The second kappa shape index (κ2) is 6.51. The van der Waals surface area contributed by atoms with Crippen LogP contribution in [0.3, 0.4) is 0 Å². The van der Waals surface area contributed by atoms with Crippen LogP contribution in [0.2, 0.25) is 0 Å². The third kappa shape index (κ3) is 4.12. The first kappa shape index (κ1) is 14.7. The van der Waals surface area contributed by atoms with Crippen molar-refractivity contribution >= 4 is 16.5 Å². The summed E-state index contributed by atoms with van der Waals surface area (Å²) in [4.78, 5) is 1.56. The molecule has 0 aliphatic carbocycles. The molecule has 0 N–H and O–H groups in total. The zero-order valence-electron chi connectivity index (χ0n) is 9.57. The Balaban J connectivity index is 2.78. The zero-order chi connectivity index (χ0) is 13.6. The molecule has 0 aromatic carbocycles. The summed E-state index contributed by atoms with van der Waals surface area (Å²) in [6.07, 6.45) is -4.29. The lowest BCUT2D eigenvalue weighted by molar-refractivity contribution is -0.138. The topological polar surface area (TPSA) is 62.0 Å². The predicted octanol–water partition coefficient (Wildman–Crippen LogP) is 1.92. The Bertz CT molecular complexity index is 415. The average Bonchev–Trinajstić information content (AvgIpc) is 2.78. The van der Waals surface area contributed by atoms with Crippen LogP contribution in [-0.4, -0.2) is 37.0 Å². The lowest BCUT2D eigenvalue weighted by atomic mass is 10.4. The van der Waals surface area contributed by atoms with E-state index in [-0.39, 0.29) is 11.6 Å². The van der Waals surface area contributed by atoms with Crippen LogP contribution in [0.4, 0.5) is 18.3 Å². The van der Waals surface area contributed by atoms with Crippen LogP contribution >= 0.6 is 11.3 Å². The van der Waals surface area contributed by atoms with E-state index in [1.807, 2.05) is 6.07 Å². The van der Waals surface area contributed by atoms with Gasteiger partial charge in [0.15, 0.2) is 0 Å². The van der Waals surface area contributed by atoms with E-state index in [1.54, 1.807) is 4.90 Å². The second-order valence-electron chi connectivity index (χ2n) is 3.28. The lowest BCUT2D eigenvalue weighted by Crippen LogP contribution is -2.28. The maximum absolute atomic E-state index is 12.4. The highest BCUT2D eigenvalue weighted by Gasteiger charge is 2.36. The van der Waals surface area contributed by atoms with Crippen molar-refractivity contribution in [3.8, 4) is 6.07 Å². The van der Waals surface area contributed by atoms with E-state index in [9.17, 15) is 13.2 Å². The number of anilines is 1. The number of methoxy groups -OCH3 is 1. The summed E-state index contributed by atoms with van der Waals surface area (Å²) in [7, 11) is 1.49. The monoisotopic (exact) mass is 280 g/mol. The lowest BCUT2D eigenvalue weighted by Gasteiger charge is -2.19. The Kier molecular flexibility index (Phi) is 5.30. The molecule has 9 heteroatoms. The number of hydrogen-bond acceptors (Lipinski definition) is 6. The fourth-order valence-corrected chi connectivity index (χ4v) is 1.91. The molecule has 0 atom stereocenters. The predicted molar refractivity (Wildman–Crippen MR) is 59.2 cm³/mol. The highest BCUT2D eigenvalue weighted by molar-refractivity contribution is 7.15. The molecule has 5 nitrogen and oxygen atoms in total. The summed E-state index contributed by atoms with van der Waals surface area (Å²) in [6, 6.07) is 1.93. The van der Waals surface area contributed by atoms with E-state index >= 15 is 0 Å². The number of rotatable bonds is 6. The number of halogens is 3. The van der Waals surface area contributed by atoms with Gasteiger partial charge in [0.25, 0.3) is 0 Å². The number of aromatic nitrogens is 2. The van der Waals surface area contributed by atoms with Crippen LogP contribution in [0, 0.1) is 11.3 Å². The van der Waals surface area contributed by atoms with Crippen molar-refractivity contribution in [3.63, 3.8) is 0 Å². The van der Waals surface area contributed by atoms with Gasteiger partial charge in [-0.25, -0.2) is 0 Å². The quantitative estimate of drug-likeness (QED) is 0.796. The molecule has 0 bridgehead atoms. The third-order valence-electron chi connectivity index (χ3n) is 1.99. The molecule has 0 radical (unpaired) electrons. The Morgan fingerprint density at radius 1 is 1.39 bits per heavy atom. The normalized spacial score (nSPS) is 11.3. The summed E-state index contributed by atoms with van der Waals surface area (Å²) in [5.41, 5.74) is 0. The summed E-state index contributed by atoms with van der Waals surface area (Å²) in [5.74, 6) is 0. The standard InChI is InChI=1S/C9H11F3N4OS/c1-17-6-5-16(4-2-3-13)8-15-14-7(18-8)9(10,11)12/h2,4-6H2,1H3. The van der Waals surface area contributed by atoms with Crippen molar-refractivity contribution in [3.05, 3.63) is 5.01 Å². The minimum Gasteiger partial charge on any atom is -0.383 e. The first-order chi connectivity index (χ1) is 8.49. The number of ether oxygens (including phenoxy) is 1. The van der Waals surface area contributed by atoms with Gasteiger partial charge in [-0.1, -0.05) is 11.3 Å². The second-order valence-corrected chi connectivity index (χ2v) is 4.23. The summed E-state index contributed by atoms with van der Waals surface area (Å²) in [6.45, 7) is 1.00. The van der Waals surface area contributed by atoms with E-state index in [4.69, 9.17) is 10.00 Å². The van der Waals surface area contributed by atoms with E-state index in [0.29, 0.717) is 31.0 Å². The minimum atomic E-state index is -4.49. The number of nitriles is 1. The van der Waals surface area contributed by atoms with Crippen LogP contribution in [-0.2, 0) is 10.9 Å². The van der Waals surface area contributed by atoms with Crippen LogP contribution < -0.4 is 4.90 Å². The number of alkyl halides is 3. The molecule has 0 aliphatic heterocycles. The highest BCUT2D eigenvalue weighted by Crippen LogP contribution is 2.34. The van der Waals surface area contributed by atoms with Gasteiger partial charge in [0.1, 0.15) is 0 Å². The van der Waals surface area contributed by atoms with Crippen LogP contribution in [0.15, 0.2) is 0 Å². The molecule has 100 valence electrons. The van der Waals surface area contributed by atoms with Gasteiger partial charge in [-0.05, 0) is 0 Å². The van der Waals surface area contributed by atoms with Crippen molar-refractivity contribution in [1.82, 2.24) is 10.2 Å². The average molecular weight is 280 g/mol. The maximum Gasteiger partial charge on any atom is 0.445 e. The van der Waals surface area contributed by atoms with E-state index < -0.39 is 11.2 Å². The molecule has 0 spiro atoms. The molecule has 0 saturated heterocycles. The van der Waals surface area contributed by atoms with Gasteiger partial charge in [-0.3, -0.25) is 0 Å². The molecule has 18 heavy (non-hydrogen) atoms. The molecule has 0 amide bonds. The van der Waals surface area contributed by atoms with Crippen molar-refractivity contribution < 1.29 is 17.9 Å². The molecule has 0 unspecified atom stereocenters. The maximum atomic E-state index is 12.4. The summed E-state index contributed by atoms with van der Waals surface area (Å²) < 4.78 is 42.0. The van der Waals surface area contributed by atoms with Gasteiger partial charge in [0.2, 0.25) is 10.1 Å².